The molecule has 2 aromatic heterocycles. The zero-order valence-electron chi connectivity index (χ0n) is 16.1. The minimum absolute atomic E-state index is 0.00974. The highest BCUT2D eigenvalue weighted by Gasteiger charge is 2.22. The monoisotopic (exact) mass is 430 g/mol. The molecule has 0 saturated carbocycles. The maximum Gasteiger partial charge on any atom is 0.331 e. The van der Waals surface area contributed by atoms with Gasteiger partial charge in [-0.25, -0.2) is 9.78 Å². The van der Waals surface area contributed by atoms with Gasteiger partial charge in [0.1, 0.15) is 12.4 Å². The molecule has 8 heteroatoms. The first-order valence-electron chi connectivity index (χ1n) is 8.75. The van der Waals surface area contributed by atoms with Crippen LogP contribution in [0, 0.1) is 13.8 Å². The predicted octanol–water partition coefficient (Wildman–Crippen LogP) is 5.45. The second kappa shape index (κ2) is 9.07. The summed E-state index contributed by atoms with van der Waals surface area (Å²) in [6, 6.07) is 7.22. The summed E-state index contributed by atoms with van der Waals surface area (Å²) in [7, 11) is 0. The first-order valence-corrected chi connectivity index (χ1v) is 10.0. The van der Waals surface area contributed by atoms with Gasteiger partial charge in [-0.3, -0.25) is 9.69 Å². The quantitative estimate of drug-likeness (QED) is 0.384. The van der Waals surface area contributed by atoms with Crippen LogP contribution in [0.2, 0.25) is 5.02 Å². The number of benzene rings is 1. The van der Waals surface area contributed by atoms with Crippen molar-refractivity contribution in [1.82, 2.24) is 4.98 Å². The van der Waals surface area contributed by atoms with Crippen molar-refractivity contribution in [1.29, 1.82) is 0 Å². The minimum Gasteiger partial charge on any atom is -0.465 e. The molecule has 0 N–H and O–H groups in total. The highest BCUT2D eigenvalue weighted by Crippen LogP contribution is 2.37. The number of hydrogen-bond donors (Lipinski definition) is 0. The van der Waals surface area contributed by atoms with Gasteiger partial charge in [0.05, 0.1) is 22.7 Å². The summed E-state index contributed by atoms with van der Waals surface area (Å²) in [5, 5.41) is 2.68. The van der Waals surface area contributed by atoms with Crippen LogP contribution >= 0.6 is 22.9 Å². The van der Waals surface area contributed by atoms with Crippen molar-refractivity contribution in [3.63, 3.8) is 0 Å². The van der Waals surface area contributed by atoms with Gasteiger partial charge >= 0.3 is 5.97 Å². The molecule has 3 rings (SSSR count). The minimum atomic E-state index is -0.517. The van der Waals surface area contributed by atoms with Gasteiger partial charge in [0, 0.05) is 18.4 Å². The Hall–Kier alpha value is -2.90. The fourth-order valence-electron chi connectivity index (χ4n) is 2.77. The van der Waals surface area contributed by atoms with E-state index in [1.54, 1.807) is 17.5 Å². The van der Waals surface area contributed by atoms with Crippen LogP contribution < -0.4 is 4.90 Å². The molecule has 0 unspecified atom stereocenters. The zero-order valence-corrected chi connectivity index (χ0v) is 17.7. The van der Waals surface area contributed by atoms with Crippen LogP contribution in [-0.2, 0) is 20.9 Å². The molecule has 1 amide bonds. The third-order valence-electron chi connectivity index (χ3n) is 3.96. The lowest BCUT2D eigenvalue weighted by atomic mass is 10.1. The number of rotatable bonds is 6. The van der Waals surface area contributed by atoms with Crippen molar-refractivity contribution < 1.29 is 18.7 Å². The number of ether oxygens (including phenoxy) is 1. The SMILES string of the molecule is CC(=O)N(c1nc(COC(=O)C=Cc2ccco2)cs1)c1c(C)cc(C)cc1Cl. The number of aromatic nitrogens is 1. The topological polar surface area (TPSA) is 72.6 Å². The van der Waals surface area contributed by atoms with Crippen LogP contribution in [0.3, 0.4) is 0 Å². The molecule has 0 bridgehead atoms. The van der Waals surface area contributed by atoms with E-state index in [1.165, 1.54) is 41.6 Å². The van der Waals surface area contributed by atoms with E-state index in [-0.39, 0.29) is 12.5 Å². The number of hydrogen-bond acceptors (Lipinski definition) is 6. The van der Waals surface area contributed by atoms with Gasteiger partial charge in [-0.1, -0.05) is 17.7 Å². The first kappa shape index (κ1) is 20.8. The van der Waals surface area contributed by atoms with Crippen LogP contribution in [0.1, 0.15) is 29.5 Å². The number of anilines is 2. The van der Waals surface area contributed by atoms with Crippen LogP contribution in [0.5, 0.6) is 0 Å². The van der Waals surface area contributed by atoms with E-state index in [1.807, 2.05) is 26.0 Å². The predicted molar refractivity (Wildman–Crippen MR) is 113 cm³/mol. The maximum atomic E-state index is 12.3. The Kier molecular flexibility index (Phi) is 6.51. The van der Waals surface area contributed by atoms with E-state index in [0.717, 1.165) is 11.1 Å². The lowest BCUT2D eigenvalue weighted by molar-refractivity contribution is -0.139. The number of carbonyl (C=O) groups is 2. The number of aryl methyl sites for hydroxylation is 2. The van der Waals surface area contributed by atoms with E-state index < -0.39 is 5.97 Å². The Bertz CT molecular complexity index is 1030. The fourth-order valence-corrected chi connectivity index (χ4v) is 4.04. The third-order valence-corrected chi connectivity index (χ3v) is 5.12. The number of amides is 1. The molecular weight excluding hydrogens is 412 g/mol. The average Bonchev–Trinajstić information content (AvgIpc) is 3.32. The van der Waals surface area contributed by atoms with E-state index >= 15 is 0 Å². The molecule has 0 saturated heterocycles. The van der Waals surface area contributed by atoms with Crippen molar-refractivity contribution in [2.75, 3.05) is 4.90 Å². The summed E-state index contributed by atoms with van der Waals surface area (Å²) >= 11 is 7.68. The van der Waals surface area contributed by atoms with Crippen LogP contribution in [0.4, 0.5) is 10.8 Å². The summed E-state index contributed by atoms with van der Waals surface area (Å²) in [6.07, 6.45) is 4.32. The van der Waals surface area contributed by atoms with Crippen molar-refractivity contribution in [2.45, 2.75) is 27.4 Å². The summed E-state index contributed by atoms with van der Waals surface area (Å²) in [4.78, 5) is 30.1. The molecule has 3 aromatic rings. The number of furan rings is 1. The third kappa shape index (κ3) is 5.13. The van der Waals surface area contributed by atoms with Crippen LogP contribution in [0.15, 0.2) is 46.4 Å². The zero-order chi connectivity index (χ0) is 21.0. The molecule has 0 atom stereocenters. The van der Waals surface area contributed by atoms with Gasteiger partial charge in [-0.2, -0.15) is 0 Å². The second-order valence-corrected chi connectivity index (χ2v) is 7.59. The molecule has 2 heterocycles. The van der Waals surface area contributed by atoms with Crippen molar-refractivity contribution in [2.24, 2.45) is 0 Å². The smallest absolute Gasteiger partial charge is 0.331 e. The molecule has 6 nitrogen and oxygen atoms in total. The molecule has 0 aliphatic rings. The van der Waals surface area contributed by atoms with Crippen molar-refractivity contribution in [3.05, 3.63) is 69.6 Å². The largest absolute Gasteiger partial charge is 0.465 e. The Morgan fingerprint density at radius 1 is 1.34 bits per heavy atom. The molecule has 29 heavy (non-hydrogen) atoms. The lowest BCUT2D eigenvalue weighted by Gasteiger charge is -2.22. The van der Waals surface area contributed by atoms with Crippen LogP contribution in [0.25, 0.3) is 6.08 Å². The number of thiazole rings is 1. The molecule has 0 fully saturated rings. The molecular formula is C21H19ClN2O4S. The number of esters is 1. The number of nitrogens with zero attached hydrogens (tertiary/aromatic N) is 2. The molecule has 150 valence electrons. The van der Waals surface area contributed by atoms with Gasteiger partial charge in [0.15, 0.2) is 5.13 Å². The van der Waals surface area contributed by atoms with Gasteiger partial charge in [0.25, 0.3) is 0 Å². The van der Waals surface area contributed by atoms with E-state index in [9.17, 15) is 9.59 Å². The summed E-state index contributed by atoms with van der Waals surface area (Å²) in [5.74, 6) is -0.171. The summed E-state index contributed by atoms with van der Waals surface area (Å²) in [6.45, 7) is 5.28. The first-order chi connectivity index (χ1) is 13.8. The Labute approximate surface area is 177 Å². The number of carbonyl (C=O) groups excluding carboxylic acids is 2. The molecule has 0 radical (unpaired) electrons. The molecule has 1 aromatic carbocycles. The normalized spacial score (nSPS) is 11.0. The second-order valence-electron chi connectivity index (χ2n) is 6.34. The average molecular weight is 431 g/mol. The highest BCUT2D eigenvalue weighted by molar-refractivity contribution is 7.14. The summed E-state index contributed by atoms with van der Waals surface area (Å²) < 4.78 is 10.3. The van der Waals surface area contributed by atoms with Gasteiger partial charge in [0.2, 0.25) is 5.91 Å². The van der Waals surface area contributed by atoms with Crippen molar-refractivity contribution in [3.8, 4) is 0 Å². The lowest BCUT2D eigenvalue weighted by Crippen LogP contribution is -2.24. The standard InChI is InChI=1S/C21H19ClN2O4S/c1-13-9-14(2)20(18(22)10-13)24(15(3)25)21-23-16(12-29-21)11-28-19(26)7-6-17-5-4-8-27-17/h4-10,12H,11H2,1-3H3. The highest BCUT2D eigenvalue weighted by atomic mass is 35.5. The fraction of sp³-hybridized carbons (Fsp3) is 0.190. The Balaban J connectivity index is 1.73. The van der Waals surface area contributed by atoms with E-state index in [0.29, 0.717) is 27.3 Å². The summed E-state index contributed by atoms with van der Waals surface area (Å²) in [5.41, 5.74) is 3.02. The van der Waals surface area contributed by atoms with Crippen LogP contribution in [-0.4, -0.2) is 16.9 Å². The van der Waals surface area contributed by atoms with Gasteiger partial charge in [-0.05, 0) is 49.2 Å². The molecule has 0 aliphatic carbocycles. The van der Waals surface area contributed by atoms with E-state index in [2.05, 4.69) is 4.98 Å². The van der Waals surface area contributed by atoms with Crippen molar-refractivity contribution >= 4 is 51.7 Å². The molecule has 0 aliphatic heterocycles. The Morgan fingerprint density at radius 3 is 2.79 bits per heavy atom. The maximum absolute atomic E-state index is 12.3. The Morgan fingerprint density at radius 2 is 2.14 bits per heavy atom. The molecule has 0 spiro atoms. The van der Waals surface area contributed by atoms with Gasteiger partial charge in [-0.15, -0.1) is 11.3 Å². The van der Waals surface area contributed by atoms with E-state index in [4.69, 9.17) is 20.8 Å². The number of halogens is 1. The van der Waals surface area contributed by atoms with Gasteiger partial charge < -0.3 is 9.15 Å².